The van der Waals surface area contributed by atoms with Crippen LogP contribution >= 0.6 is 0 Å². The van der Waals surface area contributed by atoms with E-state index in [9.17, 15) is 4.79 Å². The van der Waals surface area contributed by atoms with Crippen LogP contribution in [-0.2, 0) is 37.5 Å². The molecule has 0 aliphatic carbocycles. The maximum atomic E-state index is 10.3. The maximum absolute atomic E-state index is 10.3. The summed E-state index contributed by atoms with van der Waals surface area (Å²) >= 11 is 0. The Morgan fingerprint density at radius 3 is 2.00 bits per heavy atom. The Kier molecular flexibility index (Phi) is 8.26. The van der Waals surface area contributed by atoms with Crippen LogP contribution in [0.15, 0.2) is 0 Å². The summed E-state index contributed by atoms with van der Waals surface area (Å²) in [5.74, 6) is 1.17. The maximum Gasteiger partial charge on any atom is 3.00 e. The average Bonchev–Trinajstić information content (AvgIpc) is 1.65. The summed E-state index contributed by atoms with van der Waals surface area (Å²) in [5, 5.41) is 0. The molecule has 0 fully saturated rings. The summed E-state index contributed by atoms with van der Waals surface area (Å²) in [5.41, 5.74) is 0. The predicted molar refractivity (Wildman–Crippen MR) is 29.9 cm³/mol. The molecule has 0 bridgehead atoms. The van der Waals surface area contributed by atoms with Crippen LogP contribution in [0.4, 0.5) is 0 Å². The summed E-state index contributed by atoms with van der Waals surface area (Å²) in [6.45, 7) is 5.44. The fraction of sp³-hybridized carbons (Fsp3) is 0.667. The van der Waals surface area contributed by atoms with Crippen molar-refractivity contribution in [3.05, 3.63) is 5.92 Å². The Morgan fingerprint density at radius 2 is 2.00 bits per heavy atom. The average molecular weight is 188 g/mol. The van der Waals surface area contributed by atoms with Crippen molar-refractivity contribution in [2.24, 2.45) is 0 Å². The summed E-state index contributed by atoms with van der Waals surface area (Å²) in [6.07, 6.45) is 0.884. The first-order chi connectivity index (χ1) is 3.18. The third kappa shape index (κ3) is 4.79. The van der Waals surface area contributed by atoms with Crippen molar-refractivity contribution in [1.82, 2.24) is 0 Å². The van der Waals surface area contributed by atoms with Gasteiger partial charge in [-0.25, -0.2) is 0 Å². The van der Waals surface area contributed by atoms with Gasteiger partial charge in [0.2, 0.25) is 0 Å². The third-order valence-corrected chi connectivity index (χ3v) is 1.13. The fourth-order valence-corrected chi connectivity index (χ4v) is 0.249. The summed E-state index contributed by atoms with van der Waals surface area (Å²) in [6, 6.07) is 0. The minimum absolute atomic E-state index is 0. The SMILES string of the molecule is CC[C-](C)C(C)=O.[Y+3]. The number of ketones is 1. The summed E-state index contributed by atoms with van der Waals surface area (Å²) < 4.78 is 0. The van der Waals surface area contributed by atoms with Crippen molar-refractivity contribution in [2.45, 2.75) is 27.2 Å². The van der Waals surface area contributed by atoms with Crippen molar-refractivity contribution in [3.8, 4) is 0 Å². The predicted octanol–water partition coefficient (Wildman–Crippen LogP) is 1.58. The van der Waals surface area contributed by atoms with Crippen molar-refractivity contribution < 1.29 is 37.5 Å². The molecule has 0 unspecified atom stereocenters. The minimum Gasteiger partial charge on any atom is -0.334 e. The van der Waals surface area contributed by atoms with Gasteiger partial charge in [-0.05, 0) is 12.7 Å². The number of Topliss-reactive ketones (excluding diaryl/α,β-unsaturated/α-hetero) is 1. The summed E-state index contributed by atoms with van der Waals surface area (Å²) in [7, 11) is 0. The second-order valence-corrected chi connectivity index (χ2v) is 1.69. The summed E-state index contributed by atoms with van der Waals surface area (Å²) in [4.78, 5) is 10.3. The van der Waals surface area contributed by atoms with Gasteiger partial charge < -0.3 is 10.7 Å². The molecule has 0 spiro atoms. The Balaban J connectivity index is 0. The molecular formula is C6H11OY+2. The van der Waals surface area contributed by atoms with E-state index in [1.54, 1.807) is 6.92 Å². The molecule has 0 saturated carbocycles. The van der Waals surface area contributed by atoms with Gasteiger partial charge >= 0.3 is 32.7 Å². The Hall–Kier alpha value is 0.644. The van der Waals surface area contributed by atoms with E-state index in [-0.39, 0.29) is 38.5 Å². The molecule has 0 saturated heterocycles. The van der Waals surface area contributed by atoms with Crippen LogP contribution in [0.3, 0.4) is 0 Å². The third-order valence-electron chi connectivity index (χ3n) is 1.13. The first-order valence-corrected chi connectivity index (χ1v) is 2.51. The van der Waals surface area contributed by atoms with Crippen LogP contribution in [0.1, 0.15) is 27.2 Å². The number of carbonyl (C=O) groups excluding carboxylic acids is 1. The zero-order chi connectivity index (χ0) is 5.86. The first kappa shape index (κ1) is 11.4. The van der Waals surface area contributed by atoms with E-state index in [4.69, 9.17) is 0 Å². The number of hydrogen-bond donors (Lipinski definition) is 0. The molecule has 0 atom stereocenters. The Morgan fingerprint density at radius 1 is 1.62 bits per heavy atom. The van der Waals surface area contributed by atoms with Crippen LogP contribution < -0.4 is 0 Å². The van der Waals surface area contributed by atoms with Gasteiger partial charge in [0.1, 0.15) is 0 Å². The minimum atomic E-state index is 0. The molecule has 0 aliphatic rings. The van der Waals surface area contributed by atoms with Crippen LogP contribution in [0, 0.1) is 5.92 Å². The second kappa shape index (κ2) is 5.77. The molecule has 0 aliphatic heterocycles. The second-order valence-electron chi connectivity index (χ2n) is 1.69. The molecule has 0 amide bonds. The topological polar surface area (TPSA) is 17.1 Å². The quantitative estimate of drug-likeness (QED) is 0.601. The van der Waals surface area contributed by atoms with E-state index in [0.29, 0.717) is 0 Å². The van der Waals surface area contributed by atoms with Gasteiger partial charge in [-0.15, -0.1) is 0 Å². The molecule has 0 radical (unpaired) electrons. The molecule has 0 rings (SSSR count). The van der Waals surface area contributed by atoms with E-state index < -0.39 is 0 Å². The van der Waals surface area contributed by atoms with E-state index in [1.165, 1.54) is 0 Å². The molecule has 8 heavy (non-hydrogen) atoms. The molecule has 0 N–H and O–H groups in total. The van der Waals surface area contributed by atoms with Gasteiger partial charge in [0.25, 0.3) is 0 Å². The van der Waals surface area contributed by atoms with Crippen molar-refractivity contribution in [3.63, 3.8) is 0 Å². The van der Waals surface area contributed by atoms with Gasteiger partial charge in [-0.2, -0.15) is 13.3 Å². The number of hydrogen-bond acceptors (Lipinski definition) is 1. The van der Waals surface area contributed by atoms with E-state index in [1.807, 2.05) is 13.8 Å². The number of carbonyl (C=O) groups is 1. The van der Waals surface area contributed by atoms with Gasteiger partial charge in [0.15, 0.2) is 0 Å². The van der Waals surface area contributed by atoms with Crippen molar-refractivity contribution >= 4 is 5.78 Å². The smallest absolute Gasteiger partial charge is 0.334 e. The molecule has 42 valence electrons. The van der Waals surface area contributed by atoms with Gasteiger partial charge in [0, 0.05) is 0 Å². The molecule has 0 aromatic carbocycles. The van der Waals surface area contributed by atoms with Crippen molar-refractivity contribution in [2.75, 3.05) is 0 Å². The standard InChI is InChI=1S/C6H11O.Y/c1-4-5(2)6(3)7;/h4H2,1-3H3;/q-1;+3. The van der Waals surface area contributed by atoms with E-state index in [2.05, 4.69) is 0 Å². The zero-order valence-corrected chi connectivity index (χ0v) is 8.53. The molecule has 0 aromatic rings. The molecule has 1 nitrogen and oxygen atoms in total. The normalized spacial score (nSPS) is 7.38. The Bertz CT molecular complexity index is 70.9. The molecule has 0 aromatic heterocycles. The zero-order valence-electron chi connectivity index (χ0n) is 5.69. The van der Waals surface area contributed by atoms with Gasteiger partial charge in [-0.3, -0.25) is 0 Å². The largest absolute Gasteiger partial charge is 3.00 e. The van der Waals surface area contributed by atoms with E-state index >= 15 is 0 Å². The van der Waals surface area contributed by atoms with Crippen molar-refractivity contribution in [1.29, 1.82) is 0 Å². The van der Waals surface area contributed by atoms with Gasteiger partial charge in [-0.1, -0.05) is 6.92 Å². The van der Waals surface area contributed by atoms with Crippen LogP contribution in [0.2, 0.25) is 0 Å². The van der Waals surface area contributed by atoms with Gasteiger partial charge in [0.05, 0.1) is 0 Å². The monoisotopic (exact) mass is 188 g/mol. The first-order valence-electron chi connectivity index (χ1n) is 2.51. The van der Waals surface area contributed by atoms with Crippen LogP contribution in [0.5, 0.6) is 0 Å². The van der Waals surface area contributed by atoms with E-state index in [0.717, 1.165) is 12.3 Å². The molecule has 2 heteroatoms. The molecular weight excluding hydrogens is 177 g/mol. The van der Waals surface area contributed by atoms with Crippen LogP contribution in [-0.4, -0.2) is 5.78 Å². The Labute approximate surface area is 76.1 Å². The molecule has 0 heterocycles. The number of rotatable bonds is 2. The van der Waals surface area contributed by atoms with Crippen LogP contribution in [0.25, 0.3) is 0 Å². The fourth-order valence-electron chi connectivity index (χ4n) is 0.249.